The van der Waals surface area contributed by atoms with Crippen LogP contribution in [0.4, 0.5) is 13.9 Å². The van der Waals surface area contributed by atoms with Gasteiger partial charge in [0.2, 0.25) is 15.9 Å². The quantitative estimate of drug-likeness (QED) is 0.320. The molecule has 1 aliphatic heterocycles. The van der Waals surface area contributed by atoms with Crippen LogP contribution in [0.3, 0.4) is 0 Å². The lowest BCUT2D eigenvalue weighted by molar-refractivity contribution is -0.123. The second-order valence-electron chi connectivity index (χ2n) is 8.65. The highest BCUT2D eigenvalue weighted by Gasteiger charge is 2.36. The van der Waals surface area contributed by atoms with Crippen molar-refractivity contribution < 1.29 is 22.0 Å². The Labute approximate surface area is 221 Å². The highest BCUT2D eigenvalue weighted by Crippen LogP contribution is 2.34. The summed E-state index contributed by atoms with van der Waals surface area (Å²) in [6.45, 7) is 0.316. The molecule has 1 amide bonds. The first kappa shape index (κ1) is 25.7. The SMILES string of the molecule is O=C(C1CCN(S(=O)(=O)c2ccc(F)cc2F)CC1)N(Cc1cccnc1)c1nc2ccc(Cl)cc2s1. The van der Waals surface area contributed by atoms with Crippen molar-refractivity contribution in [2.45, 2.75) is 24.3 Å². The Kier molecular flexibility index (Phi) is 7.21. The number of anilines is 1. The van der Waals surface area contributed by atoms with Gasteiger partial charge in [-0.3, -0.25) is 14.7 Å². The average Bonchev–Trinajstić information content (AvgIpc) is 3.30. The molecule has 4 aromatic rings. The number of hydrogen-bond donors (Lipinski definition) is 0. The number of halogens is 3. The average molecular weight is 563 g/mol. The Hall–Kier alpha value is -2.99. The number of hydrogen-bond acceptors (Lipinski definition) is 6. The summed E-state index contributed by atoms with van der Waals surface area (Å²) in [7, 11) is -4.17. The molecule has 192 valence electrons. The van der Waals surface area contributed by atoms with E-state index in [1.165, 1.54) is 11.3 Å². The normalized spacial score (nSPS) is 15.2. The molecule has 0 bridgehead atoms. The number of thiazole rings is 1. The van der Waals surface area contributed by atoms with Gasteiger partial charge in [-0.25, -0.2) is 22.2 Å². The molecule has 5 rings (SSSR count). The summed E-state index contributed by atoms with van der Waals surface area (Å²) < 4.78 is 55.4. The number of piperidine rings is 1. The zero-order chi connectivity index (χ0) is 26.2. The molecule has 37 heavy (non-hydrogen) atoms. The fourth-order valence-corrected chi connectivity index (χ4v) is 7.06. The number of amides is 1. The van der Waals surface area contributed by atoms with E-state index in [1.54, 1.807) is 41.6 Å². The van der Waals surface area contributed by atoms with E-state index in [0.29, 0.717) is 16.2 Å². The summed E-state index contributed by atoms with van der Waals surface area (Å²) in [5, 5.41) is 1.08. The number of fused-ring (bicyclic) bond motifs is 1. The number of rotatable bonds is 6. The molecule has 0 aliphatic carbocycles. The van der Waals surface area contributed by atoms with Crippen molar-refractivity contribution in [3.63, 3.8) is 0 Å². The van der Waals surface area contributed by atoms with Crippen LogP contribution in [-0.2, 0) is 21.4 Å². The molecule has 0 unspecified atom stereocenters. The molecule has 12 heteroatoms. The number of nitrogens with zero attached hydrogens (tertiary/aromatic N) is 4. The van der Waals surface area contributed by atoms with Crippen molar-refractivity contribution >= 4 is 54.2 Å². The lowest BCUT2D eigenvalue weighted by Crippen LogP contribution is -2.44. The number of carbonyl (C=O) groups is 1. The minimum Gasteiger partial charge on any atom is -0.283 e. The second kappa shape index (κ2) is 10.4. The van der Waals surface area contributed by atoms with Crippen molar-refractivity contribution in [2.24, 2.45) is 5.92 Å². The highest BCUT2D eigenvalue weighted by atomic mass is 35.5. The summed E-state index contributed by atoms with van der Waals surface area (Å²) in [6.07, 6.45) is 3.83. The summed E-state index contributed by atoms with van der Waals surface area (Å²) in [4.78, 5) is 23.5. The Balaban J connectivity index is 1.37. The highest BCUT2D eigenvalue weighted by molar-refractivity contribution is 7.89. The Morgan fingerprint density at radius 1 is 1.14 bits per heavy atom. The second-order valence-corrected chi connectivity index (χ2v) is 12.0. The summed E-state index contributed by atoms with van der Waals surface area (Å²) in [5.41, 5.74) is 1.54. The summed E-state index contributed by atoms with van der Waals surface area (Å²) in [6, 6.07) is 11.4. The van der Waals surface area contributed by atoms with Crippen LogP contribution in [0, 0.1) is 17.6 Å². The van der Waals surface area contributed by atoms with Gasteiger partial charge in [0.25, 0.3) is 0 Å². The topological polar surface area (TPSA) is 83.5 Å². The van der Waals surface area contributed by atoms with Crippen LogP contribution in [0.2, 0.25) is 5.02 Å². The van der Waals surface area contributed by atoms with Gasteiger partial charge in [0.05, 0.1) is 16.8 Å². The molecule has 2 aromatic heterocycles. The van der Waals surface area contributed by atoms with E-state index >= 15 is 0 Å². The van der Waals surface area contributed by atoms with Gasteiger partial charge in [-0.1, -0.05) is 29.0 Å². The van der Waals surface area contributed by atoms with Gasteiger partial charge in [0.15, 0.2) is 5.13 Å². The molecule has 7 nitrogen and oxygen atoms in total. The summed E-state index contributed by atoms with van der Waals surface area (Å²) >= 11 is 7.47. The molecular weight excluding hydrogens is 542 g/mol. The van der Waals surface area contributed by atoms with Crippen LogP contribution in [0.15, 0.2) is 65.8 Å². The van der Waals surface area contributed by atoms with Gasteiger partial charge in [-0.05, 0) is 54.8 Å². The van der Waals surface area contributed by atoms with Crippen LogP contribution in [-0.4, -0.2) is 41.7 Å². The minimum atomic E-state index is -4.17. The number of sulfonamides is 1. The van der Waals surface area contributed by atoms with E-state index in [0.717, 1.165) is 32.2 Å². The van der Waals surface area contributed by atoms with E-state index in [2.05, 4.69) is 9.97 Å². The van der Waals surface area contributed by atoms with Gasteiger partial charge in [0.1, 0.15) is 16.5 Å². The number of benzene rings is 2. The maximum absolute atomic E-state index is 14.2. The maximum Gasteiger partial charge on any atom is 0.245 e. The molecule has 1 aliphatic rings. The fourth-order valence-electron chi connectivity index (χ4n) is 4.30. The minimum absolute atomic E-state index is 0.0335. The van der Waals surface area contributed by atoms with Crippen LogP contribution >= 0.6 is 22.9 Å². The van der Waals surface area contributed by atoms with E-state index in [9.17, 15) is 22.0 Å². The molecule has 0 N–H and O–H groups in total. The van der Waals surface area contributed by atoms with E-state index in [4.69, 9.17) is 11.6 Å². The third kappa shape index (κ3) is 5.35. The van der Waals surface area contributed by atoms with Gasteiger partial charge in [0, 0.05) is 42.5 Å². The van der Waals surface area contributed by atoms with E-state index < -0.39 is 32.5 Å². The number of pyridine rings is 1. The van der Waals surface area contributed by atoms with Crippen LogP contribution < -0.4 is 4.90 Å². The van der Waals surface area contributed by atoms with Crippen molar-refractivity contribution in [1.82, 2.24) is 14.3 Å². The van der Waals surface area contributed by atoms with Crippen molar-refractivity contribution in [3.05, 3.63) is 83.1 Å². The smallest absolute Gasteiger partial charge is 0.245 e. The predicted octanol–water partition coefficient (Wildman–Crippen LogP) is 5.26. The molecule has 1 fully saturated rings. The predicted molar refractivity (Wildman–Crippen MR) is 138 cm³/mol. The largest absolute Gasteiger partial charge is 0.283 e. The molecule has 2 aromatic carbocycles. The third-order valence-electron chi connectivity index (χ3n) is 6.21. The van der Waals surface area contributed by atoms with Crippen molar-refractivity contribution in [1.29, 1.82) is 0 Å². The van der Waals surface area contributed by atoms with E-state index in [1.807, 2.05) is 6.07 Å². The van der Waals surface area contributed by atoms with Gasteiger partial charge in [-0.15, -0.1) is 0 Å². The van der Waals surface area contributed by atoms with Crippen LogP contribution in [0.1, 0.15) is 18.4 Å². The van der Waals surface area contributed by atoms with E-state index in [-0.39, 0.29) is 38.4 Å². The van der Waals surface area contributed by atoms with Crippen LogP contribution in [0.5, 0.6) is 0 Å². The van der Waals surface area contributed by atoms with Gasteiger partial charge in [-0.2, -0.15) is 4.31 Å². The van der Waals surface area contributed by atoms with Crippen molar-refractivity contribution in [3.8, 4) is 0 Å². The first-order valence-electron chi connectivity index (χ1n) is 11.4. The number of carbonyl (C=O) groups excluding carboxylic acids is 1. The molecule has 3 heterocycles. The number of aromatic nitrogens is 2. The molecule has 0 saturated carbocycles. The van der Waals surface area contributed by atoms with Gasteiger partial charge >= 0.3 is 0 Å². The summed E-state index contributed by atoms with van der Waals surface area (Å²) in [5.74, 6) is -2.64. The lowest BCUT2D eigenvalue weighted by Gasteiger charge is -2.33. The molecular formula is C25H21ClF2N4O3S2. The first-order chi connectivity index (χ1) is 17.7. The molecule has 0 radical (unpaired) electrons. The lowest BCUT2D eigenvalue weighted by atomic mass is 9.96. The Morgan fingerprint density at radius 3 is 2.62 bits per heavy atom. The maximum atomic E-state index is 14.2. The van der Waals surface area contributed by atoms with Crippen LogP contribution in [0.25, 0.3) is 10.2 Å². The third-order valence-corrected chi connectivity index (χ3v) is 9.42. The standard InChI is InChI=1S/C25H21ClF2N4O3S2/c26-18-3-5-21-22(12-18)36-25(30-21)32(15-16-2-1-9-29-14-16)24(33)17-7-10-31(11-8-17)37(34,35)23-6-4-19(27)13-20(23)28/h1-6,9,12-14,17H,7-8,10-11,15H2. The zero-order valence-corrected chi connectivity index (χ0v) is 21.7. The monoisotopic (exact) mass is 562 g/mol. The molecule has 0 spiro atoms. The first-order valence-corrected chi connectivity index (χ1v) is 14.1. The van der Waals surface area contributed by atoms with Crippen molar-refractivity contribution in [2.75, 3.05) is 18.0 Å². The van der Waals surface area contributed by atoms with Gasteiger partial charge < -0.3 is 0 Å². The Bertz CT molecular complexity index is 1560. The molecule has 0 atom stereocenters. The fraction of sp³-hybridized carbons (Fsp3) is 0.240. The molecule has 1 saturated heterocycles. The Morgan fingerprint density at radius 2 is 1.92 bits per heavy atom. The zero-order valence-electron chi connectivity index (χ0n) is 19.4.